The van der Waals surface area contributed by atoms with Crippen molar-refractivity contribution < 1.29 is 13.2 Å². The van der Waals surface area contributed by atoms with Crippen LogP contribution in [0.15, 0.2) is 71.3 Å². The van der Waals surface area contributed by atoms with Gasteiger partial charge in [-0.05, 0) is 37.6 Å². The number of hydrogen-bond donors (Lipinski definition) is 1. The lowest BCUT2D eigenvalue weighted by Gasteiger charge is -2.21. The van der Waals surface area contributed by atoms with Gasteiger partial charge >= 0.3 is 0 Å². The fourth-order valence-electron chi connectivity index (χ4n) is 2.28. The molecule has 5 heteroatoms. The third kappa shape index (κ3) is 4.21. The largest absolute Gasteiger partial charge is 0.499 e. The molecule has 0 heterocycles. The quantitative estimate of drug-likeness (QED) is 0.823. The maximum atomic E-state index is 12.7. The van der Waals surface area contributed by atoms with E-state index in [1.165, 1.54) is 7.11 Å². The fourth-order valence-corrected chi connectivity index (χ4v) is 3.47. The number of methoxy groups -OCH3 is 1. The molecule has 2 aromatic carbocycles. The van der Waals surface area contributed by atoms with Gasteiger partial charge < -0.3 is 4.74 Å². The number of rotatable bonds is 6. The first-order valence-electron chi connectivity index (χ1n) is 7.32. The van der Waals surface area contributed by atoms with Crippen molar-refractivity contribution in [2.75, 3.05) is 7.11 Å². The Morgan fingerprint density at radius 3 is 2.22 bits per heavy atom. The maximum Gasteiger partial charge on any atom is 0.241 e. The third-order valence-corrected chi connectivity index (χ3v) is 4.98. The summed E-state index contributed by atoms with van der Waals surface area (Å²) in [4.78, 5) is 0.232. The molecule has 4 nitrogen and oxygen atoms in total. The summed E-state index contributed by atoms with van der Waals surface area (Å²) in [6.45, 7) is 3.73. The lowest BCUT2D eigenvalue weighted by Crippen LogP contribution is -2.30. The van der Waals surface area contributed by atoms with E-state index >= 15 is 0 Å². The summed E-state index contributed by atoms with van der Waals surface area (Å²) in [6, 6.07) is 15.5. The number of nitrogens with one attached hydrogen (secondary N) is 1. The van der Waals surface area contributed by atoms with Crippen LogP contribution in [0.4, 0.5) is 0 Å². The standard InChI is InChI=1S/C18H21NO3S/c1-4-17(22-3)18(15-8-6-5-7-9-15)19-23(20,21)16-12-10-14(2)11-13-16/h4-13,18-19H,1-3H3/b17-4-. The van der Waals surface area contributed by atoms with E-state index in [1.54, 1.807) is 30.3 Å². The van der Waals surface area contributed by atoms with Crippen molar-refractivity contribution in [3.8, 4) is 0 Å². The molecular weight excluding hydrogens is 310 g/mol. The average Bonchev–Trinajstić information content (AvgIpc) is 2.56. The van der Waals surface area contributed by atoms with Gasteiger partial charge in [0, 0.05) is 0 Å². The van der Waals surface area contributed by atoms with Gasteiger partial charge in [0.1, 0.15) is 11.8 Å². The molecule has 0 fully saturated rings. The molecule has 0 aromatic heterocycles. The number of hydrogen-bond acceptors (Lipinski definition) is 3. The van der Waals surface area contributed by atoms with E-state index in [0.29, 0.717) is 5.76 Å². The van der Waals surface area contributed by atoms with Crippen molar-refractivity contribution in [1.82, 2.24) is 4.72 Å². The van der Waals surface area contributed by atoms with Crippen molar-refractivity contribution in [3.05, 3.63) is 77.6 Å². The van der Waals surface area contributed by atoms with Crippen molar-refractivity contribution in [3.63, 3.8) is 0 Å². The second-order valence-corrected chi connectivity index (χ2v) is 6.89. The molecule has 0 aliphatic rings. The van der Waals surface area contributed by atoms with Crippen molar-refractivity contribution in [2.45, 2.75) is 24.8 Å². The lowest BCUT2D eigenvalue weighted by molar-refractivity contribution is 0.259. The van der Waals surface area contributed by atoms with E-state index in [9.17, 15) is 8.42 Å². The number of sulfonamides is 1. The molecule has 2 rings (SSSR count). The highest BCUT2D eigenvalue weighted by Crippen LogP contribution is 2.24. The summed E-state index contributed by atoms with van der Waals surface area (Å²) in [5.41, 5.74) is 1.83. The van der Waals surface area contributed by atoms with Gasteiger partial charge in [-0.15, -0.1) is 0 Å². The van der Waals surface area contributed by atoms with Crippen LogP contribution >= 0.6 is 0 Å². The second-order valence-electron chi connectivity index (χ2n) is 5.17. The molecule has 0 bridgehead atoms. The third-order valence-electron chi connectivity index (χ3n) is 3.54. The average molecular weight is 331 g/mol. The number of benzene rings is 2. The lowest BCUT2D eigenvalue weighted by atomic mass is 10.1. The Labute approximate surface area is 137 Å². The smallest absolute Gasteiger partial charge is 0.241 e. The monoisotopic (exact) mass is 331 g/mol. The van der Waals surface area contributed by atoms with E-state index < -0.39 is 16.1 Å². The van der Waals surface area contributed by atoms with Crippen molar-refractivity contribution in [2.24, 2.45) is 0 Å². The normalized spacial score (nSPS) is 13.6. The minimum Gasteiger partial charge on any atom is -0.499 e. The second kappa shape index (κ2) is 7.44. The zero-order valence-electron chi connectivity index (χ0n) is 13.5. The van der Waals surface area contributed by atoms with Crippen molar-refractivity contribution >= 4 is 10.0 Å². The molecule has 1 atom stereocenters. The molecule has 2 aromatic rings. The summed E-state index contributed by atoms with van der Waals surface area (Å²) in [6.07, 6.45) is 1.76. The minimum atomic E-state index is -3.66. The van der Waals surface area contributed by atoms with Gasteiger partial charge in [-0.25, -0.2) is 8.42 Å². The van der Waals surface area contributed by atoms with Crippen LogP contribution in [0.1, 0.15) is 24.1 Å². The Morgan fingerprint density at radius 2 is 1.70 bits per heavy atom. The minimum absolute atomic E-state index is 0.232. The van der Waals surface area contributed by atoms with Crippen LogP contribution in [0.3, 0.4) is 0 Å². The summed E-state index contributed by atoms with van der Waals surface area (Å²) < 4.78 is 33.4. The van der Waals surface area contributed by atoms with Crippen LogP contribution in [0.2, 0.25) is 0 Å². The summed E-state index contributed by atoms with van der Waals surface area (Å²) >= 11 is 0. The SMILES string of the molecule is C/C=C(\OC)C(NS(=O)(=O)c1ccc(C)cc1)c1ccccc1. The molecule has 0 spiro atoms. The van der Waals surface area contributed by atoms with Gasteiger partial charge in [0.2, 0.25) is 10.0 Å². The van der Waals surface area contributed by atoms with E-state index in [4.69, 9.17) is 4.74 Å². The number of aryl methyl sites for hydroxylation is 1. The van der Waals surface area contributed by atoms with Crippen LogP contribution in [0, 0.1) is 6.92 Å². The Hall–Kier alpha value is -2.11. The van der Waals surface area contributed by atoms with E-state index in [-0.39, 0.29) is 4.90 Å². The van der Waals surface area contributed by atoms with Gasteiger partial charge in [0.05, 0.1) is 12.0 Å². The maximum absolute atomic E-state index is 12.7. The van der Waals surface area contributed by atoms with E-state index in [2.05, 4.69) is 4.72 Å². The van der Waals surface area contributed by atoms with Crippen LogP contribution in [0.5, 0.6) is 0 Å². The Bertz CT molecular complexity index is 766. The predicted molar refractivity (Wildman–Crippen MR) is 91.4 cm³/mol. The van der Waals surface area contributed by atoms with Gasteiger partial charge in [-0.2, -0.15) is 4.72 Å². The summed E-state index contributed by atoms with van der Waals surface area (Å²) in [7, 11) is -2.13. The first-order chi connectivity index (χ1) is 11.0. The Kier molecular flexibility index (Phi) is 5.58. The first-order valence-corrected chi connectivity index (χ1v) is 8.80. The van der Waals surface area contributed by atoms with Gasteiger partial charge in [-0.1, -0.05) is 48.0 Å². The number of ether oxygens (including phenoxy) is 1. The van der Waals surface area contributed by atoms with E-state index in [1.807, 2.05) is 44.2 Å². The molecule has 23 heavy (non-hydrogen) atoms. The molecule has 0 saturated carbocycles. The van der Waals surface area contributed by atoms with Crippen LogP contribution in [0.25, 0.3) is 0 Å². The zero-order valence-corrected chi connectivity index (χ0v) is 14.3. The van der Waals surface area contributed by atoms with Gasteiger partial charge in [0.25, 0.3) is 0 Å². The van der Waals surface area contributed by atoms with Crippen LogP contribution in [-0.4, -0.2) is 15.5 Å². The molecule has 0 aliphatic carbocycles. The highest BCUT2D eigenvalue weighted by molar-refractivity contribution is 7.89. The molecular formula is C18H21NO3S. The first kappa shape index (κ1) is 17.2. The molecule has 0 amide bonds. The van der Waals surface area contributed by atoms with Crippen LogP contribution < -0.4 is 4.72 Å². The predicted octanol–water partition coefficient (Wildman–Crippen LogP) is 3.56. The molecule has 1 unspecified atom stereocenters. The molecule has 1 N–H and O–H groups in total. The van der Waals surface area contributed by atoms with Gasteiger partial charge in [-0.3, -0.25) is 0 Å². The zero-order chi connectivity index (χ0) is 16.9. The van der Waals surface area contributed by atoms with E-state index in [0.717, 1.165) is 11.1 Å². The van der Waals surface area contributed by atoms with Gasteiger partial charge in [0.15, 0.2) is 0 Å². The number of allylic oxidation sites excluding steroid dienone is 1. The topological polar surface area (TPSA) is 55.4 Å². The summed E-state index contributed by atoms with van der Waals surface area (Å²) in [5.74, 6) is 0.548. The highest BCUT2D eigenvalue weighted by Gasteiger charge is 2.24. The Balaban J connectivity index is 2.39. The summed E-state index contributed by atoms with van der Waals surface area (Å²) in [5, 5.41) is 0. The van der Waals surface area contributed by atoms with Crippen molar-refractivity contribution in [1.29, 1.82) is 0 Å². The molecule has 0 saturated heterocycles. The fraction of sp³-hybridized carbons (Fsp3) is 0.222. The Morgan fingerprint density at radius 1 is 1.09 bits per heavy atom. The molecule has 0 aliphatic heterocycles. The van der Waals surface area contributed by atoms with Crippen LogP contribution in [-0.2, 0) is 14.8 Å². The molecule has 122 valence electrons. The molecule has 0 radical (unpaired) electrons. The highest BCUT2D eigenvalue weighted by atomic mass is 32.2.